The topological polar surface area (TPSA) is 88.0 Å². The highest BCUT2D eigenvalue weighted by Crippen LogP contribution is 2.02. The highest BCUT2D eigenvalue weighted by molar-refractivity contribution is 6.38. The van der Waals surface area contributed by atoms with Crippen molar-refractivity contribution in [3.05, 3.63) is 35.4 Å². The minimum absolute atomic E-state index is 0.348. The van der Waals surface area contributed by atoms with Crippen LogP contribution in [0.4, 0.5) is 0 Å². The van der Waals surface area contributed by atoms with Crippen LogP contribution in [0, 0.1) is 6.92 Å². The molecule has 1 amide bonds. The molecule has 0 saturated heterocycles. The number of aryl methyl sites for hydroxylation is 1. The van der Waals surface area contributed by atoms with Crippen molar-refractivity contribution in [3.63, 3.8) is 0 Å². The number of oxime groups is 1. The molecule has 0 spiro atoms. The van der Waals surface area contributed by atoms with Gasteiger partial charge in [0.05, 0.1) is 7.11 Å². The van der Waals surface area contributed by atoms with Gasteiger partial charge in [-0.15, -0.1) is 0 Å². The molecular formula is C11H12N2O4. The van der Waals surface area contributed by atoms with Crippen LogP contribution in [0.25, 0.3) is 0 Å². The maximum Gasteiger partial charge on any atom is 0.377 e. The quantitative estimate of drug-likeness (QED) is 0.247. The van der Waals surface area contributed by atoms with Crippen molar-refractivity contribution in [3.8, 4) is 0 Å². The SMILES string of the molecule is COC(=O)/C(=N/O)NC(=O)c1ccc(C)cc1. The van der Waals surface area contributed by atoms with Gasteiger partial charge in [-0.05, 0) is 19.1 Å². The number of nitrogens with zero attached hydrogens (tertiary/aromatic N) is 1. The smallest absolute Gasteiger partial charge is 0.377 e. The van der Waals surface area contributed by atoms with E-state index in [4.69, 9.17) is 5.21 Å². The summed E-state index contributed by atoms with van der Waals surface area (Å²) in [6.45, 7) is 1.89. The minimum Gasteiger partial charge on any atom is -0.463 e. The first-order valence-electron chi connectivity index (χ1n) is 4.77. The van der Waals surface area contributed by atoms with Crippen LogP contribution in [0.3, 0.4) is 0 Å². The Bertz CT molecular complexity index is 451. The molecule has 0 fully saturated rings. The van der Waals surface area contributed by atoms with Crippen LogP contribution in [0.2, 0.25) is 0 Å². The van der Waals surface area contributed by atoms with Crippen LogP contribution >= 0.6 is 0 Å². The summed E-state index contributed by atoms with van der Waals surface area (Å²) in [6, 6.07) is 6.69. The molecule has 1 rings (SSSR count). The van der Waals surface area contributed by atoms with E-state index in [1.807, 2.05) is 6.92 Å². The van der Waals surface area contributed by atoms with Crippen molar-refractivity contribution in [1.82, 2.24) is 5.32 Å². The Hall–Kier alpha value is -2.37. The van der Waals surface area contributed by atoms with Crippen molar-refractivity contribution in [1.29, 1.82) is 0 Å². The van der Waals surface area contributed by atoms with Gasteiger partial charge in [-0.2, -0.15) is 0 Å². The fraction of sp³-hybridized carbons (Fsp3) is 0.182. The van der Waals surface area contributed by atoms with Gasteiger partial charge in [-0.3, -0.25) is 10.1 Å². The molecule has 2 N–H and O–H groups in total. The first-order chi connectivity index (χ1) is 8.08. The van der Waals surface area contributed by atoms with E-state index in [0.29, 0.717) is 5.56 Å². The predicted molar refractivity (Wildman–Crippen MR) is 59.9 cm³/mol. The van der Waals surface area contributed by atoms with Gasteiger partial charge in [0.15, 0.2) is 0 Å². The molecule has 90 valence electrons. The van der Waals surface area contributed by atoms with E-state index in [1.54, 1.807) is 24.3 Å². The normalized spacial score (nSPS) is 10.8. The van der Waals surface area contributed by atoms with E-state index in [0.717, 1.165) is 12.7 Å². The largest absolute Gasteiger partial charge is 0.463 e. The number of amidine groups is 1. The highest BCUT2D eigenvalue weighted by Gasteiger charge is 2.16. The molecule has 0 aliphatic rings. The molecule has 0 aliphatic heterocycles. The van der Waals surface area contributed by atoms with E-state index in [-0.39, 0.29) is 0 Å². The molecule has 0 heterocycles. The Labute approximate surface area is 97.9 Å². The summed E-state index contributed by atoms with van der Waals surface area (Å²) in [6.07, 6.45) is 0. The van der Waals surface area contributed by atoms with E-state index in [1.165, 1.54) is 0 Å². The summed E-state index contributed by atoms with van der Waals surface area (Å²) in [5, 5.41) is 13.3. The van der Waals surface area contributed by atoms with Gasteiger partial charge in [-0.25, -0.2) is 4.79 Å². The van der Waals surface area contributed by atoms with Crippen molar-refractivity contribution >= 4 is 17.7 Å². The molecule has 0 saturated carbocycles. The van der Waals surface area contributed by atoms with Gasteiger partial charge >= 0.3 is 5.97 Å². The van der Waals surface area contributed by atoms with Crippen LogP contribution in [0.1, 0.15) is 15.9 Å². The van der Waals surface area contributed by atoms with Gasteiger partial charge in [0.1, 0.15) is 0 Å². The lowest BCUT2D eigenvalue weighted by Gasteiger charge is -2.05. The Morgan fingerprint density at radius 2 is 1.88 bits per heavy atom. The molecule has 17 heavy (non-hydrogen) atoms. The summed E-state index contributed by atoms with van der Waals surface area (Å²) in [5.41, 5.74) is 1.35. The molecule has 0 radical (unpaired) electrons. The van der Waals surface area contributed by atoms with Crippen LogP contribution in [-0.4, -0.2) is 30.0 Å². The van der Waals surface area contributed by atoms with Crippen molar-refractivity contribution in [2.75, 3.05) is 7.11 Å². The second kappa shape index (κ2) is 5.64. The monoisotopic (exact) mass is 236 g/mol. The van der Waals surface area contributed by atoms with Crippen LogP contribution in [-0.2, 0) is 9.53 Å². The summed E-state index contributed by atoms with van der Waals surface area (Å²) >= 11 is 0. The number of carbonyl (C=O) groups is 2. The Kier molecular flexibility index (Phi) is 4.21. The number of methoxy groups -OCH3 is 1. The molecule has 0 aromatic heterocycles. The van der Waals surface area contributed by atoms with E-state index in [9.17, 15) is 9.59 Å². The van der Waals surface area contributed by atoms with Crippen LogP contribution < -0.4 is 5.32 Å². The zero-order chi connectivity index (χ0) is 12.8. The Balaban J connectivity index is 2.78. The third-order valence-electron chi connectivity index (χ3n) is 2.02. The zero-order valence-corrected chi connectivity index (χ0v) is 9.43. The average Bonchev–Trinajstić information content (AvgIpc) is 2.35. The van der Waals surface area contributed by atoms with Crippen LogP contribution in [0.15, 0.2) is 29.4 Å². The summed E-state index contributed by atoms with van der Waals surface area (Å²) in [7, 11) is 1.12. The molecule has 6 heteroatoms. The lowest BCUT2D eigenvalue weighted by Crippen LogP contribution is -2.37. The second-order valence-corrected chi connectivity index (χ2v) is 3.26. The molecule has 1 aromatic rings. The number of hydrogen-bond donors (Lipinski definition) is 2. The zero-order valence-electron chi connectivity index (χ0n) is 9.43. The first-order valence-corrected chi connectivity index (χ1v) is 4.77. The van der Waals surface area contributed by atoms with E-state index in [2.05, 4.69) is 15.2 Å². The number of esters is 1. The third-order valence-corrected chi connectivity index (χ3v) is 2.02. The second-order valence-electron chi connectivity index (χ2n) is 3.26. The highest BCUT2D eigenvalue weighted by atomic mass is 16.5. The van der Waals surface area contributed by atoms with Crippen molar-refractivity contribution in [2.45, 2.75) is 6.92 Å². The molecule has 0 bridgehead atoms. The summed E-state index contributed by atoms with van der Waals surface area (Å²) in [4.78, 5) is 22.7. The Morgan fingerprint density at radius 1 is 1.29 bits per heavy atom. The van der Waals surface area contributed by atoms with E-state index >= 15 is 0 Å². The molecule has 0 atom stereocenters. The first kappa shape index (κ1) is 12.7. The third kappa shape index (κ3) is 3.30. The number of hydrogen-bond acceptors (Lipinski definition) is 5. The predicted octanol–water partition coefficient (Wildman–Crippen LogP) is 0.686. The summed E-state index contributed by atoms with van der Waals surface area (Å²) in [5.74, 6) is -2.03. The van der Waals surface area contributed by atoms with Gasteiger partial charge in [-0.1, -0.05) is 22.9 Å². The number of amides is 1. The number of benzene rings is 1. The van der Waals surface area contributed by atoms with E-state index < -0.39 is 17.7 Å². The molecule has 0 aliphatic carbocycles. The van der Waals surface area contributed by atoms with Gasteiger partial charge in [0.2, 0.25) is 0 Å². The van der Waals surface area contributed by atoms with Gasteiger partial charge < -0.3 is 9.94 Å². The molecule has 6 nitrogen and oxygen atoms in total. The Morgan fingerprint density at radius 3 is 2.35 bits per heavy atom. The molecule has 1 aromatic carbocycles. The fourth-order valence-electron chi connectivity index (χ4n) is 1.10. The standard InChI is InChI=1S/C11H12N2O4/c1-7-3-5-8(6-4-7)10(14)12-9(13-16)11(15)17-2/h3-6,16H,1-2H3,(H,12,13,14). The number of carbonyl (C=O) groups excluding carboxylic acids is 2. The van der Waals surface area contributed by atoms with Gasteiger partial charge in [0, 0.05) is 5.56 Å². The maximum absolute atomic E-state index is 11.6. The van der Waals surface area contributed by atoms with Crippen molar-refractivity contribution < 1.29 is 19.5 Å². The minimum atomic E-state index is -0.923. The maximum atomic E-state index is 11.6. The lowest BCUT2D eigenvalue weighted by molar-refractivity contribution is -0.133. The molecular weight excluding hydrogens is 224 g/mol. The lowest BCUT2D eigenvalue weighted by atomic mass is 10.1. The fourth-order valence-corrected chi connectivity index (χ4v) is 1.10. The average molecular weight is 236 g/mol. The number of nitrogens with one attached hydrogen (secondary N) is 1. The van der Waals surface area contributed by atoms with Gasteiger partial charge in [0.25, 0.3) is 11.7 Å². The van der Waals surface area contributed by atoms with Crippen molar-refractivity contribution in [2.24, 2.45) is 5.16 Å². The number of ether oxygens (including phenoxy) is 1. The summed E-state index contributed by atoms with van der Waals surface area (Å²) < 4.78 is 4.31. The van der Waals surface area contributed by atoms with Crippen LogP contribution in [0.5, 0.6) is 0 Å². The molecule has 0 unspecified atom stereocenters. The number of rotatable bonds is 1.